The SMILES string of the molecule is C#Cc1nc(OCC)ccc1N. The molecule has 0 fully saturated rings. The minimum absolute atomic E-state index is 0.431. The molecule has 0 atom stereocenters. The quantitative estimate of drug-likeness (QED) is 0.661. The molecule has 1 rings (SSSR count). The minimum Gasteiger partial charge on any atom is -0.478 e. The van der Waals surface area contributed by atoms with Crippen molar-refractivity contribution in [1.82, 2.24) is 4.98 Å². The smallest absolute Gasteiger partial charge is 0.214 e. The first kappa shape index (κ1) is 8.41. The van der Waals surface area contributed by atoms with E-state index in [9.17, 15) is 0 Å². The van der Waals surface area contributed by atoms with Crippen LogP contribution in [-0.4, -0.2) is 11.6 Å². The molecule has 0 unspecified atom stereocenters. The Balaban J connectivity index is 2.99. The van der Waals surface area contributed by atoms with Crippen molar-refractivity contribution >= 4 is 5.69 Å². The number of ether oxygens (including phenoxy) is 1. The van der Waals surface area contributed by atoms with Crippen LogP contribution in [0.5, 0.6) is 5.88 Å². The van der Waals surface area contributed by atoms with E-state index in [2.05, 4.69) is 10.9 Å². The van der Waals surface area contributed by atoms with E-state index in [0.29, 0.717) is 23.9 Å². The van der Waals surface area contributed by atoms with Gasteiger partial charge in [0.05, 0.1) is 12.3 Å². The van der Waals surface area contributed by atoms with E-state index in [-0.39, 0.29) is 0 Å². The lowest BCUT2D eigenvalue weighted by Crippen LogP contribution is -1.98. The van der Waals surface area contributed by atoms with Crippen molar-refractivity contribution in [3.63, 3.8) is 0 Å². The first-order valence-electron chi connectivity index (χ1n) is 3.64. The largest absolute Gasteiger partial charge is 0.478 e. The van der Waals surface area contributed by atoms with E-state index < -0.39 is 0 Å². The Labute approximate surface area is 71.6 Å². The standard InChI is InChI=1S/C9H10N2O/c1-3-8-7(10)5-6-9(11-8)12-4-2/h1,5-6H,4,10H2,2H3. The van der Waals surface area contributed by atoms with Gasteiger partial charge in [0.15, 0.2) is 0 Å². The highest BCUT2D eigenvalue weighted by Gasteiger charge is 1.99. The Morgan fingerprint density at radius 2 is 2.42 bits per heavy atom. The normalized spacial score (nSPS) is 9.00. The molecule has 0 aromatic carbocycles. The maximum atomic E-state index is 5.54. The van der Waals surface area contributed by atoms with Gasteiger partial charge in [-0.15, -0.1) is 6.42 Å². The number of hydrogen-bond acceptors (Lipinski definition) is 3. The highest BCUT2D eigenvalue weighted by Crippen LogP contribution is 2.13. The Hall–Kier alpha value is -1.69. The molecule has 12 heavy (non-hydrogen) atoms. The van der Waals surface area contributed by atoms with Gasteiger partial charge in [0.25, 0.3) is 0 Å². The van der Waals surface area contributed by atoms with Crippen LogP contribution in [0.4, 0.5) is 5.69 Å². The molecule has 0 bridgehead atoms. The van der Waals surface area contributed by atoms with Crippen LogP contribution in [0.3, 0.4) is 0 Å². The Bertz CT molecular complexity index is 315. The average Bonchev–Trinajstić information content (AvgIpc) is 2.09. The summed E-state index contributed by atoms with van der Waals surface area (Å²) in [7, 11) is 0. The van der Waals surface area contributed by atoms with Crippen molar-refractivity contribution < 1.29 is 4.74 Å². The molecule has 0 radical (unpaired) electrons. The van der Waals surface area contributed by atoms with Gasteiger partial charge < -0.3 is 10.5 Å². The molecular formula is C9H10N2O. The maximum Gasteiger partial charge on any atom is 0.214 e. The molecule has 1 aromatic rings. The van der Waals surface area contributed by atoms with E-state index in [4.69, 9.17) is 16.9 Å². The molecule has 0 saturated carbocycles. The number of aromatic nitrogens is 1. The molecule has 0 spiro atoms. The molecule has 3 nitrogen and oxygen atoms in total. The van der Waals surface area contributed by atoms with Crippen molar-refractivity contribution in [2.45, 2.75) is 6.92 Å². The molecule has 0 saturated heterocycles. The summed E-state index contributed by atoms with van der Waals surface area (Å²) in [6.45, 7) is 2.45. The van der Waals surface area contributed by atoms with Gasteiger partial charge >= 0.3 is 0 Å². The van der Waals surface area contributed by atoms with E-state index in [1.54, 1.807) is 12.1 Å². The van der Waals surface area contributed by atoms with Crippen molar-refractivity contribution in [2.75, 3.05) is 12.3 Å². The maximum absolute atomic E-state index is 5.54. The lowest BCUT2D eigenvalue weighted by molar-refractivity contribution is 0.327. The predicted molar refractivity (Wildman–Crippen MR) is 47.8 cm³/mol. The third kappa shape index (κ3) is 1.67. The van der Waals surface area contributed by atoms with Crippen molar-refractivity contribution in [2.24, 2.45) is 0 Å². The number of anilines is 1. The summed E-state index contributed by atoms with van der Waals surface area (Å²) >= 11 is 0. The van der Waals surface area contributed by atoms with E-state index in [1.165, 1.54) is 0 Å². The molecule has 0 aliphatic rings. The summed E-state index contributed by atoms with van der Waals surface area (Å²) in [6, 6.07) is 3.38. The fourth-order valence-corrected chi connectivity index (χ4v) is 0.796. The molecule has 0 aliphatic heterocycles. The lowest BCUT2D eigenvalue weighted by atomic mass is 10.3. The van der Waals surface area contributed by atoms with Crippen LogP contribution in [0.1, 0.15) is 12.6 Å². The Kier molecular flexibility index (Phi) is 2.54. The van der Waals surface area contributed by atoms with E-state index >= 15 is 0 Å². The molecule has 3 heteroatoms. The van der Waals surface area contributed by atoms with Gasteiger partial charge in [-0.1, -0.05) is 0 Å². The fraction of sp³-hybridized carbons (Fsp3) is 0.222. The highest BCUT2D eigenvalue weighted by molar-refractivity contribution is 5.52. The van der Waals surface area contributed by atoms with Crippen molar-refractivity contribution in [3.05, 3.63) is 17.8 Å². The summed E-state index contributed by atoms with van der Waals surface area (Å²) in [4.78, 5) is 4.00. The highest BCUT2D eigenvalue weighted by atomic mass is 16.5. The van der Waals surface area contributed by atoms with Gasteiger partial charge in [0.2, 0.25) is 5.88 Å². The van der Waals surface area contributed by atoms with Gasteiger partial charge in [0.1, 0.15) is 5.69 Å². The van der Waals surface area contributed by atoms with Crippen molar-refractivity contribution in [3.8, 4) is 18.2 Å². The molecular weight excluding hydrogens is 152 g/mol. The van der Waals surface area contributed by atoms with Gasteiger partial charge in [-0.3, -0.25) is 0 Å². The fourth-order valence-electron chi connectivity index (χ4n) is 0.796. The number of nitrogens with two attached hydrogens (primary N) is 1. The molecule has 0 amide bonds. The number of pyridine rings is 1. The summed E-state index contributed by atoms with van der Waals surface area (Å²) in [5, 5.41) is 0. The van der Waals surface area contributed by atoms with Gasteiger partial charge in [0, 0.05) is 6.07 Å². The summed E-state index contributed by atoms with van der Waals surface area (Å²) in [5.41, 5.74) is 6.47. The second kappa shape index (κ2) is 3.63. The number of rotatable bonds is 2. The molecule has 1 aromatic heterocycles. The third-order valence-electron chi connectivity index (χ3n) is 1.33. The van der Waals surface area contributed by atoms with Crippen LogP contribution in [0.25, 0.3) is 0 Å². The zero-order valence-corrected chi connectivity index (χ0v) is 6.87. The van der Waals surface area contributed by atoms with Gasteiger partial charge in [-0.25, -0.2) is 4.98 Å². The number of terminal acetylenes is 1. The van der Waals surface area contributed by atoms with Crippen LogP contribution in [0.15, 0.2) is 12.1 Å². The number of nitrogens with zero attached hydrogens (tertiary/aromatic N) is 1. The second-order valence-corrected chi connectivity index (χ2v) is 2.16. The van der Waals surface area contributed by atoms with Crippen LogP contribution in [0, 0.1) is 12.3 Å². The molecule has 2 N–H and O–H groups in total. The average molecular weight is 162 g/mol. The number of nitrogen functional groups attached to an aromatic ring is 1. The lowest BCUT2D eigenvalue weighted by Gasteiger charge is -2.02. The van der Waals surface area contributed by atoms with E-state index in [0.717, 1.165) is 0 Å². The summed E-state index contributed by atoms with van der Waals surface area (Å²) < 4.78 is 5.14. The summed E-state index contributed by atoms with van der Waals surface area (Å²) in [5.74, 6) is 2.89. The van der Waals surface area contributed by atoms with Crippen LogP contribution in [0.2, 0.25) is 0 Å². The zero-order chi connectivity index (χ0) is 8.97. The Morgan fingerprint density at radius 3 is 3.00 bits per heavy atom. The third-order valence-corrected chi connectivity index (χ3v) is 1.33. The molecule has 1 heterocycles. The van der Waals surface area contributed by atoms with Crippen molar-refractivity contribution in [1.29, 1.82) is 0 Å². The van der Waals surface area contributed by atoms with Gasteiger partial charge in [-0.2, -0.15) is 0 Å². The summed E-state index contributed by atoms with van der Waals surface area (Å²) in [6.07, 6.45) is 5.17. The monoisotopic (exact) mass is 162 g/mol. The second-order valence-electron chi connectivity index (χ2n) is 2.16. The predicted octanol–water partition coefficient (Wildman–Crippen LogP) is 1.04. The molecule has 0 aliphatic carbocycles. The van der Waals surface area contributed by atoms with E-state index in [1.807, 2.05) is 6.92 Å². The van der Waals surface area contributed by atoms with Crippen LogP contribution < -0.4 is 10.5 Å². The van der Waals surface area contributed by atoms with Crippen LogP contribution in [-0.2, 0) is 0 Å². The first-order valence-corrected chi connectivity index (χ1v) is 3.64. The van der Waals surface area contributed by atoms with Crippen LogP contribution >= 0.6 is 0 Å². The minimum atomic E-state index is 0.431. The molecule has 62 valence electrons. The Morgan fingerprint density at radius 1 is 1.67 bits per heavy atom. The zero-order valence-electron chi connectivity index (χ0n) is 6.87. The van der Waals surface area contributed by atoms with Gasteiger partial charge in [-0.05, 0) is 18.9 Å². The first-order chi connectivity index (χ1) is 5.77. The topological polar surface area (TPSA) is 48.1 Å². The number of hydrogen-bond donors (Lipinski definition) is 1.